The fourth-order valence-electron chi connectivity index (χ4n) is 2.87. The first-order valence-electron chi connectivity index (χ1n) is 9.27. The highest BCUT2D eigenvalue weighted by atomic mass is 35.5. The van der Waals surface area contributed by atoms with Gasteiger partial charge in [0.1, 0.15) is 0 Å². The number of amides is 1. The highest BCUT2D eigenvalue weighted by molar-refractivity contribution is 6.37. The van der Waals surface area contributed by atoms with Gasteiger partial charge in [0.15, 0.2) is 18.1 Å². The lowest BCUT2D eigenvalue weighted by Crippen LogP contribution is -2.21. The van der Waals surface area contributed by atoms with Gasteiger partial charge in [-0.3, -0.25) is 4.79 Å². The van der Waals surface area contributed by atoms with Crippen LogP contribution in [0.1, 0.15) is 19.4 Å². The van der Waals surface area contributed by atoms with Crippen molar-refractivity contribution in [2.75, 3.05) is 25.3 Å². The molecule has 3 rings (SSSR count). The zero-order valence-corrected chi connectivity index (χ0v) is 17.6. The van der Waals surface area contributed by atoms with E-state index in [4.69, 9.17) is 25.8 Å². The Morgan fingerprint density at radius 3 is 2.67 bits per heavy atom. The zero-order chi connectivity index (χ0) is 21.7. The SMILES string of the molecule is CCOC(=O)COc1ccc(/C=C2\C(=O)N(c3ccccc3Cl)N=C2C)cc1OC. The van der Waals surface area contributed by atoms with Gasteiger partial charge in [0.05, 0.1) is 35.7 Å². The fraction of sp³-hybridized carbons (Fsp3) is 0.227. The van der Waals surface area contributed by atoms with E-state index in [0.717, 1.165) is 0 Å². The van der Waals surface area contributed by atoms with Crippen molar-refractivity contribution in [1.82, 2.24) is 0 Å². The second kappa shape index (κ2) is 9.45. The van der Waals surface area contributed by atoms with E-state index < -0.39 is 5.97 Å². The fourth-order valence-corrected chi connectivity index (χ4v) is 3.09. The van der Waals surface area contributed by atoms with E-state index in [1.165, 1.54) is 12.1 Å². The molecule has 0 saturated heterocycles. The third-order valence-corrected chi connectivity index (χ3v) is 4.61. The van der Waals surface area contributed by atoms with E-state index in [1.54, 1.807) is 62.4 Å². The third kappa shape index (κ3) is 4.63. The molecule has 8 heteroatoms. The molecule has 1 amide bonds. The number of methoxy groups -OCH3 is 1. The van der Waals surface area contributed by atoms with Gasteiger partial charge in [0.25, 0.3) is 5.91 Å². The predicted octanol–water partition coefficient (Wildman–Crippen LogP) is 4.10. The zero-order valence-electron chi connectivity index (χ0n) is 16.8. The van der Waals surface area contributed by atoms with Gasteiger partial charge in [0, 0.05) is 0 Å². The van der Waals surface area contributed by atoms with Gasteiger partial charge < -0.3 is 14.2 Å². The van der Waals surface area contributed by atoms with Crippen molar-refractivity contribution in [2.45, 2.75) is 13.8 Å². The van der Waals surface area contributed by atoms with Gasteiger partial charge >= 0.3 is 5.97 Å². The lowest BCUT2D eigenvalue weighted by atomic mass is 10.1. The number of benzene rings is 2. The van der Waals surface area contributed by atoms with Crippen LogP contribution in [0, 0.1) is 0 Å². The number of nitrogens with zero attached hydrogens (tertiary/aromatic N) is 2. The van der Waals surface area contributed by atoms with Crippen molar-refractivity contribution >= 4 is 41.0 Å². The molecule has 30 heavy (non-hydrogen) atoms. The summed E-state index contributed by atoms with van der Waals surface area (Å²) in [6, 6.07) is 12.2. The van der Waals surface area contributed by atoms with Gasteiger partial charge in [-0.05, 0) is 49.8 Å². The van der Waals surface area contributed by atoms with Gasteiger partial charge in [-0.25, -0.2) is 4.79 Å². The quantitative estimate of drug-likeness (QED) is 0.490. The number of esters is 1. The molecule has 1 aliphatic heterocycles. The first-order valence-corrected chi connectivity index (χ1v) is 9.65. The Hall–Kier alpha value is -3.32. The van der Waals surface area contributed by atoms with Crippen molar-refractivity contribution in [3.05, 3.63) is 58.6 Å². The van der Waals surface area contributed by atoms with Gasteiger partial charge in [-0.2, -0.15) is 10.1 Å². The number of hydrogen-bond donors (Lipinski definition) is 0. The Morgan fingerprint density at radius 2 is 1.97 bits per heavy atom. The molecule has 0 radical (unpaired) electrons. The molecular weight excluding hydrogens is 408 g/mol. The molecule has 0 aromatic heterocycles. The van der Waals surface area contributed by atoms with Gasteiger partial charge in [-0.15, -0.1) is 0 Å². The molecule has 1 aliphatic rings. The second-order valence-corrected chi connectivity index (χ2v) is 6.72. The topological polar surface area (TPSA) is 77.4 Å². The summed E-state index contributed by atoms with van der Waals surface area (Å²) in [5.41, 5.74) is 2.25. The molecular formula is C22H21ClN2O5. The average molecular weight is 429 g/mol. The summed E-state index contributed by atoms with van der Waals surface area (Å²) in [7, 11) is 1.50. The lowest BCUT2D eigenvalue weighted by molar-refractivity contribution is -0.145. The van der Waals surface area contributed by atoms with E-state index >= 15 is 0 Å². The Kier molecular flexibility index (Phi) is 6.74. The van der Waals surface area contributed by atoms with Crippen LogP contribution in [0.25, 0.3) is 6.08 Å². The highest BCUT2D eigenvalue weighted by Crippen LogP contribution is 2.32. The maximum Gasteiger partial charge on any atom is 0.344 e. The van der Waals surface area contributed by atoms with Gasteiger partial charge in [0.2, 0.25) is 0 Å². The standard InChI is InChI=1S/C22H21ClN2O5/c1-4-29-21(26)13-30-19-10-9-15(12-20(19)28-3)11-16-14(2)24-25(22(16)27)18-8-6-5-7-17(18)23/h5-12H,4,13H2,1-3H3/b16-11-. The smallest absolute Gasteiger partial charge is 0.344 e. The molecule has 0 unspecified atom stereocenters. The number of halogens is 1. The Morgan fingerprint density at radius 1 is 1.20 bits per heavy atom. The number of carbonyl (C=O) groups excluding carboxylic acids is 2. The minimum atomic E-state index is -0.464. The van der Waals surface area contributed by atoms with Crippen LogP contribution in [-0.4, -0.2) is 37.9 Å². The number of ether oxygens (including phenoxy) is 3. The first-order chi connectivity index (χ1) is 14.4. The molecule has 156 valence electrons. The molecule has 0 N–H and O–H groups in total. The van der Waals surface area contributed by atoms with Crippen molar-refractivity contribution in [2.24, 2.45) is 5.10 Å². The molecule has 2 aromatic rings. The number of hydrogen-bond acceptors (Lipinski definition) is 6. The summed E-state index contributed by atoms with van der Waals surface area (Å²) in [6.45, 7) is 3.55. The van der Waals surface area contributed by atoms with Gasteiger partial charge in [-0.1, -0.05) is 29.8 Å². The van der Waals surface area contributed by atoms with Crippen LogP contribution < -0.4 is 14.5 Å². The molecule has 1 heterocycles. The largest absolute Gasteiger partial charge is 0.493 e. The van der Waals surface area contributed by atoms with Crippen molar-refractivity contribution in [1.29, 1.82) is 0 Å². The predicted molar refractivity (Wildman–Crippen MR) is 115 cm³/mol. The third-order valence-electron chi connectivity index (χ3n) is 4.29. The normalized spacial score (nSPS) is 14.7. The number of anilines is 1. The summed E-state index contributed by atoms with van der Waals surface area (Å²) < 4.78 is 15.7. The molecule has 7 nitrogen and oxygen atoms in total. The monoisotopic (exact) mass is 428 g/mol. The maximum absolute atomic E-state index is 12.9. The van der Waals surface area contributed by atoms with Crippen LogP contribution in [0.3, 0.4) is 0 Å². The number of hydrazone groups is 1. The van der Waals surface area contributed by atoms with E-state index in [0.29, 0.717) is 39.1 Å². The van der Waals surface area contributed by atoms with E-state index in [-0.39, 0.29) is 19.1 Å². The van der Waals surface area contributed by atoms with Crippen LogP contribution in [0.5, 0.6) is 11.5 Å². The van der Waals surface area contributed by atoms with E-state index in [9.17, 15) is 9.59 Å². The van der Waals surface area contributed by atoms with Crippen molar-refractivity contribution in [3.8, 4) is 11.5 Å². The molecule has 0 fully saturated rings. The summed E-state index contributed by atoms with van der Waals surface area (Å²) >= 11 is 6.21. The average Bonchev–Trinajstić information content (AvgIpc) is 3.01. The summed E-state index contributed by atoms with van der Waals surface area (Å²) in [6.07, 6.45) is 1.72. The Balaban J connectivity index is 1.83. The molecule has 0 atom stereocenters. The Labute approximate surface area is 179 Å². The second-order valence-electron chi connectivity index (χ2n) is 6.32. The van der Waals surface area contributed by atoms with Crippen molar-refractivity contribution in [3.63, 3.8) is 0 Å². The van der Waals surface area contributed by atoms with Crippen LogP contribution in [0.2, 0.25) is 5.02 Å². The van der Waals surface area contributed by atoms with Crippen molar-refractivity contribution < 1.29 is 23.8 Å². The molecule has 0 saturated carbocycles. The molecule has 0 aliphatic carbocycles. The first kappa shape index (κ1) is 21.4. The number of carbonyl (C=O) groups is 2. The summed E-state index contributed by atoms with van der Waals surface area (Å²) in [4.78, 5) is 24.4. The van der Waals surface area contributed by atoms with E-state index in [2.05, 4.69) is 5.10 Å². The number of para-hydroxylation sites is 1. The molecule has 2 aromatic carbocycles. The highest BCUT2D eigenvalue weighted by Gasteiger charge is 2.29. The Bertz CT molecular complexity index is 1030. The minimum Gasteiger partial charge on any atom is -0.493 e. The summed E-state index contributed by atoms with van der Waals surface area (Å²) in [5.74, 6) is 0.0844. The van der Waals surface area contributed by atoms with Crippen LogP contribution in [0.15, 0.2) is 53.1 Å². The number of rotatable bonds is 7. The van der Waals surface area contributed by atoms with Crippen LogP contribution in [-0.2, 0) is 14.3 Å². The molecule has 0 spiro atoms. The molecule has 0 bridgehead atoms. The maximum atomic E-state index is 12.9. The minimum absolute atomic E-state index is 0.221. The van der Waals surface area contributed by atoms with E-state index in [1.807, 2.05) is 0 Å². The van der Waals surface area contributed by atoms with Crippen LogP contribution in [0.4, 0.5) is 5.69 Å². The lowest BCUT2D eigenvalue weighted by Gasteiger charge is -2.13. The van der Waals surface area contributed by atoms with Crippen LogP contribution >= 0.6 is 11.6 Å². The summed E-state index contributed by atoms with van der Waals surface area (Å²) in [5, 5.41) is 6.07.